The van der Waals surface area contributed by atoms with E-state index in [-0.39, 0.29) is 18.7 Å². The maximum atomic E-state index is 6.20. The summed E-state index contributed by atoms with van der Waals surface area (Å²) >= 11 is 0. The molecule has 5 nitrogen and oxygen atoms in total. The van der Waals surface area contributed by atoms with Crippen molar-refractivity contribution in [3.8, 4) is 0 Å². The molecule has 1 aromatic rings. The second-order valence-corrected chi connectivity index (χ2v) is 6.44. The van der Waals surface area contributed by atoms with E-state index >= 15 is 0 Å². The quantitative estimate of drug-likeness (QED) is 0.744. The van der Waals surface area contributed by atoms with E-state index in [0.29, 0.717) is 6.61 Å². The summed E-state index contributed by atoms with van der Waals surface area (Å²) in [6.45, 7) is 2.56. The van der Waals surface area contributed by atoms with Crippen LogP contribution in [0.4, 0.5) is 0 Å². The number of methoxy groups -OCH3 is 2. The van der Waals surface area contributed by atoms with Crippen molar-refractivity contribution in [1.82, 2.24) is 0 Å². The van der Waals surface area contributed by atoms with Gasteiger partial charge in [-0.25, -0.2) is 0 Å². The van der Waals surface area contributed by atoms with Crippen molar-refractivity contribution in [2.75, 3.05) is 20.8 Å². The third kappa shape index (κ3) is 3.81. The van der Waals surface area contributed by atoms with E-state index in [9.17, 15) is 0 Å². The van der Waals surface area contributed by atoms with Gasteiger partial charge in [-0.1, -0.05) is 30.3 Å². The summed E-state index contributed by atoms with van der Waals surface area (Å²) in [7, 11) is 3.29. The van der Waals surface area contributed by atoms with Crippen molar-refractivity contribution >= 4 is 0 Å². The molecule has 24 heavy (non-hydrogen) atoms. The molecule has 0 spiro atoms. The summed E-state index contributed by atoms with van der Waals surface area (Å²) in [6.07, 6.45) is 3.92. The molecule has 0 bridgehead atoms. The second-order valence-electron chi connectivity index (χ2n) is 6.44. The predicted octanol–water partition coefficient (Wildman–Crippen LogP) is 3.56. The zero-order valence-corrected chi connectivity index (χ0v) is 14.6. The van der Waals surface area contributed by atoms with Crippen LogP contribution in [0.15, 0.2) is 42.2 Å². The monoisotopic (exact) mass is 334 g/mol. The Hall–Kier alpha value is -1.40. The van der Waals surface area contributed by atoms with Gasteiger partial charge in [-0.2, -0.15) is 0 Å². The van der Waals surface area contributed by atoms with Crippen LogP contribution in [-0.4, -0.2) is 38.8 Å². The third-order valence-electron chi connectivity index (χ3n) is 4.64. The van der Waals surface area contributed by atoms with Crippen LogP contribution in [0, 0.1) is 0 Å². The first kappa shape index (κ1) is 17.4. The Morgan fingerprint density at radius 1 is 1.21 bits per heavy atom. The summed E-state index contributed by atoms with van der Waals surface area (Å²) in [6, 6.07) is 10.0. The summed E-state index contributed by atoms with van der Waals surface area (Å²) < 4.78 is 28.7. The molecule has 0 aliphatic carbocycles. The molecule has 0 radical (unpaired) electrons. The molecule has 2 aliphatic heterocycles. The fourth-order valence-corrected chi connectivity index (χ4v) is 3.18. The minimum absolute atomic E-state index is 0.0131. The largest absolute Gasteiger partial charge is 0.487 e. The predicted molar refractivity (Wildman–Crippen MR) is 89.2 cm³/mol. The lowest BCUT2D eigenvalue weighted by molar-refractivity contribution is -0.296. The minimum Gasteiger partial charge on any atom is -0.487 e. The standard InChI is InChI=1S/C19H26O5/c1-19-13-22-18(14-7-5-4-6-8-14)23-16(19)11-9-15(24-19)10-12-17(20-2)21-3/h4-9,16-18H,10-13H2,1-3H3/t16-,18+,19+/m0/s1. The number of ether oxygens (including phenoxy) is 5. The summed E-state index contributed by atoms with van der Waals surface area (Å²) in [5.74, 6) is 0.957. The summed E-state index contributed by atoms with van der Waals surface area (Å²) in [4.78, 5) is 0. The van der Waals surface area contributed by atoms with Gasteiger partial charge in [-0.15, -0.1) is 0 Å². The first-order valence-electron chi connectivity index (χ1n) is 8.40. The Kier molecular flexibility index (Phi) is 5.56. The van der Waals surface area contributed by atoms with E-state index < -0.39 is 5.60 Å². The van der Waals surface area contributed by atoms with Crippen LogP contribution in [0.3, 0.4) is 0 Å². The molecule has 2 heterocycles. The molecule has 0 aromatic heterocycles. The topological polar surface area (TPSA) is 46.2 Å². The lowest BCUT2D eigenvalue weighted by Gasteiger charge is -2.46. The maximum absolute atomic E-state index is 6.20. The molecular formula is C19H26O5. The number of rotatable bonds is 6. The highest BCUT2D eigenvalue weighted by Gasteiger charge is 2.46. The van der Waals surface area contributed by atoms with E-state index in [1.165, 1.54) is 0 Å². The van der Waals surface area contributed by atoms with Gasteiger partial charge in [-0.05, 0) is 19.4 Å². The number of benzene rings is 1. The smallest absolute Gasteiger partial charge is 0.184 e. The van der Waals surface area contributed by atoms with Gasteiger partial charge in [0, 0.05) is 32.6 Å². The molecule has 3 atom stereocenters. The average molecular weight is 334 g/mol. The van der Waals surface area contributed by atoms with E-state index in [1.54, 1.807) is 14.2 Å². The highest BCUT2D eigenvalue weighted by molar-refractivity contribution is 5.17. The second kappa shape index (κ2) is 7.66. The molecule has 132 valence electrons. The van der Waals surface area contributed by atoms with Crippen LogP contribution >= 0.6 is 0 Å². The minimum atomic E-state index is -0.453. The fourth-order valence-electron chi connectivity index (χ4n) is 3.18. The Morgan fingerprint density at radius 3 is 2.67 bits per heavy atom. The summed E-state index contributed by atoms with van der Waals surface area (Å²) in [5, 5.41) is 0. The van der Waals surface area contributed by atoms with Crippen LogP contribution < -0.4 is 0 Å². The van der Waals surface area contributed by atoms with E-state index in [4.69, 9.17) is 23.7 Å². The number of allylic oxidation sites excluding steroid dienone is 1. The first-order chi connectivity index (χ1) is 11.6. The highest BCUT2D eigenvalue weighted by atomic mass is 16.7. The highest BCUT2D eigenvalue weighted by Crippen LogP contribution is 2.39. The molecule has 0 amide bonds. The van der Waals surface area contributed by atoms with E-state index in [0.717, 1.165) is 30.6 Å². The average Bonchev–Trinajstić information content (AvgIpc) is 2.62. The molecular weight excluding hydrogens is 308 g/mol. The van der Waals surface area contributed by atoms with Crippen LogP contribution in [0.25, 0.3) is 0 Å². The van der Waals surface area contributed by atoms with Gasteiger partial charge >= 0.3 is 0 Å². The Balaban J connectivity index is 1.61. The van der Waals surface area contributed by atoms with Crippen molar-refractivity contribution < 1.29 is 23.7 Å². The molecule has 5 heteroatoms. The van der Waals surface area contributed by atoms with Gasteiger partial charge in [0.15, 0.2) is 18.2 Å². The van der Waals surface area contributed by atoms with Crippen molar-refractivity contribution in [3.05, 3.63) is 47.7 Å². The van der Waals surface area contributed by atoms with Gasteiger partial charge in [0.25, 0.3) is 0 Å². The van der Waals surface area contributed by atoms with Crippen LogP contribution in [0.1, 0.15) is 38.0 Å². The van der Waals surface area contributed by atoms with Crippen LogP contribution in [0.5, 0.6) is 0 Å². The fraction of sp³-hybridized carbons (Fsp3) is 0.579. The Labute approximate surface area is 143 Å². The van der Waals surface area contributed by atoms with Crippen molar-refractivity contribution in [1.29, 1.82) is 0 Å². The maximum Gasteiger partial charge on any atom is 0.184 e. The van der Waals surface area contributed by atoms with Gasteiger partial charge in [0.1, 0.15) is 6.10 Å². The molecule has 0 saturated carbocycles. The number of hydrogen-bond acceptors (Lipinski definition) is 5. The molecule has 0 N–H and O–H groups in total. The van der Waals surface area contributed by atoms with Crippen molar-refractivity contribution in [3.63, 3.8) is 0 Å². The van der Waals surface area contributed by atoms with E-state index in [1.807, 2.05) is 30.3 Å². The van der Waals surface area contributed by atoms with Gasteiger partial charge < -0.3 is 23.7 Å². The number of hydrogen-bond donors (Lipinski definition) is 0. The zero-order chi connectivity index (χ0) is 17.0. The molecule has 2 aliphatic rings. The summed E-state index contributed by atoms with van der Waals surface area (Å²) in [5.41, 5.74) is 0.586. The lowest BCUT2D eigenvalue weighted by Crippen LogP contribution is -2.53. The normalized spacial score (nSPS) is 29.8. The number of fused-ring (bicyclic) bond motifs is 1. The van der Waals surface area contributed by atoms with Gasteiger partial charge in [0.2, 0.25) is 0 Å². The molecule has 1 aromatic carbocycles. The van der Waals surface area contributed by atoms with Gasteiger partial charge in [-0.3, -0.25) is 0 Å². The molecule has 0 unspecified atom stereocenters. The van der Waals surface area contributed by atoms with Crippen molar-refractivity contribution in [2.24, 2.45) is 0 Å². The lowest BCUT2D eigenvalue weighted by atomic mass is 9.92. The zero-order valence-electron chi connectivity index (χ0n) is 14.6. The molecule has 1 saturated heterocycles. The Morgan fingerprint density at radius 2 is 1.96 bits per heavy atom. The first-order valence-corrected chi connectivity index (χ1v) is 8.40. The van der Waals surface area contributed by atoms with Crippen LogP contribution in [-0.2, 0) is 23.7 Å². The van der Waals surface area contributed by atoms with Gasteiger partial charge in [0.05, 0.1) is 12.4 Å². The van der Waals surface area contributed by atoms with E-state index in [2.05, 4.69) is 13.0 Å². The molecule has 1 fully saturated rings. The van der Waals surface area contributed by atoms with Crippen molar-refractivity contribution in [2.45, 2.75) is 50.5 Å². The molecule has 3 rings (SSSR count). The SMILES string of the molecule is COC(CCC1=CC[C@@H]2O[C@H](c3ccccc3)OC[C@@]2(C)O1)OC. The third-order valence-corrected chi connectivity index (χ3v) is 4.64. The van der Waals surface area contributed by atoms with Crippen LogP contribution in [0.2, 0.25) is 0 Å². The Bertz CT molecular complexity index is 554.